The first kappa shape index (κ1) is 28.0. The van der Waals surface area contributed by atoms with Crippen LogP contribution in [0.2, 0.25) is 39.3 Å². The highest BCUT2D eigenvalue weighted by molar-refractivity contribution is 7.49. The normalized spacial score (nSPS) is 14.8. The molecule has 0 amide bonds. The van der Waals surface area contributed by atoms with E-state index < -0.39 is 30.5 Å². The molecule has 3 aromatic rings. The van der Waals surface area contributed by atoms with Crippen molar-refractivity contribution in [2.24, 2.45) is 5.92 Å². The molecule has 3 nitrogen and oxygen atoms in total. The minimum absolute atomic E-state index is 0.135. The number of hydrogen-bond acceptors (Lipinski definition) is 3. The summed E-state index contributed by atoms with van der Waals surface area (Å²) in [6.07, 6.45) is 0. The molecule has 0 saturated carbocycles. The van der Waals surface area contributed by atoms with Crippen LogP contribution in [0.3, 0.4) is 0 Å². The maximum absolute atomic E-state index is 11.8. The Hall–Kier alpha value is -1.60. The number of rotatable bonds is 10. The SMILES string of the molecule is CC(C)C(N(C(c1ccccc1)(c1ccccc1)c1ccccc1)[Si](C)(C)C)P(O)O[Si](C)(C)C. The van der Waals surface area contributed by atoms with Crippen molar-refractivity contribution < 1.29 is 9.11 Å². The summed E-state index contributed by atoms with van der Waals surface area (Å²) in [6, 6.07) is 32.4. The summed E-state index contributed by atoms with van der Waals surface area (Å²) in [6.45, 7) is 18.1. The monoisotopic (exact) mass is 523 g/mol. The highest BCUT2D eigenvalue weighted by atomic mass is 31.2. The zero-order valence-electron chi connectivity index (χ0n) is 22.6. The van der Waals surface area contributed by atoms with Gasteiger partial charge in [0.2, 0.25) is 0 Å². The molecule has 1 N–H and O–H groups in total. The third kappa shape index (κ3) is 6.22. The molecule has 0 aliphatic heterocycles. The molecule has 3 rings (SSSR count). The van der Waals surface area contributed by atoms with E-state index in [0.29, 0.717) is 0 Å². The van der Waals surface area contributed by atoms with Gasteiger partial charge < -0.3 is 9.11 Å². The third-order valence-corrected chi connectivity index (χ3v) is 12.6. The van der Waals surface area contributed by atoms with Gasteiger partial charge in [0.15, 0.2) is 16.7 Å². The second kappa shape index (κ2) is 11.2. The van der Waals surface area contributed by atoms with Crippen LogP contribution in [-0.4, -0.2) is 31.8 Å². The fraction of sp³-hybridized carbons (Fsp3) is 0.379. The molecule has 0 fully saturated rings. The van der Waals surface area contributed by atoms with Crippen molar-refractivity contribution in [2.45, 2.75) is 64.5 Å². The van der Waals surface area contributed by atoms with E-state index in [-0.39, 0.29) is 11.7 Å². The van der Waals surface area contributed by atoms with Gasteiger partial charge in [0.1, 0.15) is 8.24 Å². The Bertz CT molecular complexity index is 954. The largest absolute Gasteiger partial charge is 0.375 e. The first-order valence-electron chi connectivity index (χ1n) is 12.5. The second-order valence-electron chi connectivity index (χ2n) is 11.5. The molecule has 188 valence electrons. The van der Waals surface area contributed by atoms with Gasteiger partial charge in [-0.15, -0.1) is 0 Å². The minimum atomic E-state index is -2.11. The maximum Gasteiger partial charge on any atom is 0.191 e. The van der Waals surface area contributed by atoms with Crippen molar-refractivity contribution in [1.82, 2.24) is 4.57 Å². The summed E-state index contributed by atoms with van der Waals surface area (Å²) in [4.78, 5) is 11.8. The summed E-state index contributed by atoms with van der Waals surface area (Å²) in [5, 5.41) is 0. The van der Waals surface area contributed by atoms with Gasteiger partial charge in [0.25, 0.3) is 0 Å². The van der Waals surface area contributed by atoms with Crippen molar-refractivity contribution in [1.29, 1.82) is 0 Å². The Morgan fingerprint density at radius 2 is 1.03 bits per heavy atom. The Kier molecular flexibility index (Phi) is 8.96. The number of nitrogens with zero attached hydrogens (tertiary/aromatic N) is 1. The quantitative estimate of drug-likeness (QED) is 0.165. The van der Waals surface area contributed by atoms with E-state index in [1.807, 2.05) is 0 Å². The van der Waals surface area contributed by atoms with Gasteiger partial charge in [-0.25, -0.2) is 0 Å². The molecule has 2 unspecified atom stereocenters. The van der Waals surface area contributed by atoms with E-state index in [9.17, 15) is 4.89 Å². The summed E-state index contributed by atoms with van der Waals surface area (Å²) < 4.78 is 9.16. The Morgan fingerprint density at radius 1 is 0.686 bits per heavy atom. The lowest BCUT2D eigenvalue weighted by molar-refractivity contribution is 0.200. The molecule has 0 aliphatic carbocycles. The predicted molar refractivity (Wildman–Crippen MR) is 157 cm³/mol. The fourth-order valence-electron chi connectivity index (χ4n) is 5.04. The van der Waals surface area contributed by atoms with Gasteiger partial charge in [-0.05, 0) is 42.2 Å². The van der Waals surface area contributed by atoms with Crippen LogP contribution >= 0.6 is 8.38 Å². The van der Waals surface area contributed by atoms with Gasteiger partial charge in [0.05, 0.1) is 11.3 Å². The van der Waals surface area contributed by atoms with E-state index in [4.69, 9.17) is 4.21 Å². The van der Waals surface area contributed by atoms with Crippen molar-refractivity contribution >= 4 is 24.9 Å². The van der Waals surface area contributed by atoms with Crippen LogP contribution in [-0.2, 0) is 9.75 Å². The van der Waals surface area contributed by atoms with Crippen molar-refractivity contribution in [3.63, 3.8) is 0 Å². The molecule has 0 aliphatic rings. The molecule has 0 radical (unpaired) electrons. The second-order valence-corrected chi connectivity index (χ2v) is 22.4. The van der Waals surface area contributed by atoms with E-state index in [0.717, 1.165) is 0 Å². The number of benzene rings is 3. The predicted octanol–water partition coefficient (Wildman–Crippen LogP) is 8.25. The molecule has 0 saturated heterocycles. The average Bonchev–Trinajstić information content (AvgIpc) is 2.79. The van der Waals surface area contributed by atoms with Crippen molar-refractivity contribution in [2.75, 3.05) is 0 Å². The zero-order valence-corrected chi connectivity index (χ0v) is 25.5. The zero-order chi connectivity index (χ0) is 25.9. The molecule has 6 heteroatoms. The minimum Gasteiger partial charge on any atom is -0.375 e. The van der Waals surface area contributed by atoms with Crippen LogP contribution in [0.5, 0.6) is 0 Å². The summed E-state index contributed by atoms with van der Waals surface area (Å²) in [7, 11) is -5.76. The van der Waals surface area contributed by atoms with Crippen LogP contribution in [0.25, 0.3) is 0 Å². The molecule has 0 bridgehead atoms. The molecule has 3 aromatic carbocycles. The van der Waals surface area contributed by atoms with Gasteiger partial charge >= 0.3 is 0 Å². The van der Waals surface area contributed by atoms with Gasteiger partial charge in [0, 0.05) is 0 Å². The summed E-state index contributed by atoms with van der Waals surface area (Å²) in [5.74, 6) is 0.0636. The summed E-state index contributed by atoms with van der Waals surface area (Å²) in [5.41, 5.74) is 3.06. The molecule has 35 heavy (non-hydrogen) atoms. The van der Waals surface area contributed by atoms with Gasteiger partial charge in [-0.3, -0.25) is 4.57 Å². The van der Waals surface area contributed by atoms with Crippen LogP contribution in [0, 0.1) is 5.92 Å². The molecule has 0 spiro atoms. The van der Waals surface area contributed by atoms with Crippen molar-refractivity contribution in [3.05, 3.63) is 108 Å². The summed E-state index contributed by atoms with van der Waals surface area (Å²) >= 11 is 0. The molecule has 2 atom stereocenters. The molecular formula is C29H42NO2PSi2. The van der Waals surface area contributed by atoms with Crippen LogP contribution in [0.15, 0.2) is 91.0 Å². The van der Waals surface area contributed by atoms with Crippen LogP contribution < -0.4 is 0 Å². The molecule has 0 heterocycles. The Balaban J connectivity index is 2.47. The fourth-order valence-corrected chi connectivity index (χ4v) is 12.4. The molecule has 0 aromatic heterocycles. The highest BCUT2D eigenvalue weighted by Crippen LogP contribution is 2.55. The van der Waals surface area contributed by atoms with E-state index in [1.54, 1.807) is 0 Å². The van der Waals surface area contributed by atoms with E-state index >= 15 is 0 Å². The average molecular weight is 524 g/mol. The molecular weight excluding hydrogens is 481 g/mol. The van der Waals surface area contributed by atoms with Crippen LogP contribution in [0.4, 0.5) is 0 Å². The lowest BCUT2D eigenvalue weighted by Crippen LogP contribution is -2.64. The topological polar surface area (TPSA) is 32.7 Å². The lowest BCUT2D eigenvalue weighted by Gasteiger charge is -2.56. The number of hydrogen-bond donors (Lipinski definition) is 1. The van der Waals surface area contributed by atoms with Crippen molar-refractivity contribution in [3.8, 4) is 0 Å². The third-order valence-electron chi connectivity index (χ3n) is 6.11. The Morgan fingerprint density at radius 3 is 1.29 bits per heavy atom. The van der Waals surface area contributed by atoms with Gasteiger partial charge in [-0.1, -0.05) is 124 Å². The standard InChI is InChI=1S/C29H42NO2PSi2/c1-24(2)28(33(31)32-35(6,7)8)30(34(3,4)5)29(25-18-12-9-13-19-25,26-20-14-10-15-21-26)27-22-16-11-17-23-27/h9-24,28,31H,1-8H3. The van der Waals surface area contributed by atoms with E-state index in [1.165, 1.54) is 16.7 Å². The smallest absolute Gasteiger partial charge is 0.191 e. The maximum atomic E-state index is 11.8. The lowest BCUT2D eigenvalue weighted by atomic mass is 9.76. The first-order chi connectivity index (χ1) is 16.4. The van der Waals surface area contributed by atoms with Gasteiger partial charge in [-0.2, -0.15) is 0 Å². The van der Waals surface area contributed by atoms with E-state index in [2.05, 4.69) is 149 Å². The Labute approximate surface area is 216 Å². The highest BCUT2D eigenvalue weighted by Gasteiger charge is 2.53. The van der Waals surface area contributed by atoms with Crippen LogP contribution in [0.1, 0.15) is 30.5 Å². The first-order valence-corrected chi connectivity index (χ1v) is 20.7.